The van der Waals surface area contributed by atoms with Crippen molar-refractivity contribution in [2.75, 3.05) is 5.32 Å². The van der Waals surface area contributed by atoms with Crippen LogP contribution in [0.5, 0.6) is 0 Å². The summed E-state index contributed by atoms with van der Waals surface area (Å²) in [6, 6.07) is 15.9. The maximum Gasteiger partial charge on any atom is 0.270 e. The molecule has 1 heterocycles. The quantitative estimate of drug-likeness (QED) is 0.708. The van der Waals surface area contributed by atoms with Gasteiger partial charge < -0.3 is 10.6 Å². The summed E-state index contributed by atoms with van der Waals surface area (Å²) in [5.41, 5.74) is 6.54. The molecule has 3 aromatic rings. The molecule has 0 unspecified atom stereocenters. The molecule has 138 valence electrons. The van der Waals surface area contributed by atoms with Crippen molar-refractivity contribution in [3.63, 3.8) is 0 Å². The summed E-state index contributed by atoms with van der Waals surface area (Å²) in [6.07, 6.45) is 0. The molecule has 0 atom stereocenters. The highest BCUT2D eigenvalue weighted by molar-refractivity contribution is 5.92. The molecule has 0 spiro atoms. The molecule has 5 nitrogen and oxygen atoms in total. The topological polar surface area (TPSA) is 66.9 Å². The lowest BCUT2D eigenvalue weighted by Crippen LogP contribution is -2.24. The van der Waals surface area contributed by atoms with Gasteiger partial charge in [0.05, 0.1) is 0 Å². The maximum absolute atomic E-state index is 12.5. The molecule has 0 saturated carbocycles. The van der Waals surface area contributed by atoms with Gasteiger partial charge in [-0.25, -0.2) is 9.97 Å². The molecule has 1 aromatic heterocycles. The van der Waals surface area contributed by atoms with Gasteiger partial charge in [0.1, 0.15) is 5.69 Å². The van der Waals surface area contributed by atoms with E-state index >= 15 is 0 Å². The molecule has 0 aliphatic rings. The SMILES string of the molecule is Cc1ccc(CNC(=O)c2cc(C)nc(Nc3cc(C)cc(C)c3)n2)cc1. The molecule has 0 bridgehead atoms. The van der Waals surface area contributed by atoms with Gasteiger partial charge in [0.2, 0.25) is 5.95 Å². The minimum Gasteiger partial charge on any atom is -0.347 e. The number of carbonyl (C=O) groups is 1. The maximum atomic E-state index is 12.5. The Morgan fingerprint density at radius 2 is 1.52 bits per heavy atom. The van der Waals surface area contributed by atoms with E-state index in [1.165, 1.54) is 5.56 Å². The van der Waals surface area contributed by atoms with Crippen molar-refractivity contribution in [2.45, 2.75) is 34.2 Å². The van der Waals surface area contributed by atoms with Crippen molar-refractivity contribution in [1.29, 1.82) is 0 Å². The Labute approximate surface area is 159 Å². The smallest absolute Gasteiger partial charge is 0.270 e. The van der Waals surface area contributed by atoms with Crippen molar-refractivity contribution in [3.05, 3.63) is 82.2 Å². The van der Waals surface area contributed by atoms with Crippen LogP contribution in [0.25, 0.3) is 0 Å². The Balaban J connectivity index is 1.73. The van der Waals surface area contributed by atoms with E-state index in [2.05, 4.69) is 26.7 Å². The Morgan fingerprint density at radius 3 is 2.19 bits per heavy atom. The Bertz CT molecular complexity index is 944. The lowest BCUT2D eigenvalue weighted by Gasteiger charge is -2.10. The van der Waals surface area contributed by atoms with Crippen LogP contribution in [0.2, 0.25) is 0 Å². The van der Waals surface area contributed by atoms with Crippen LogP contribution in [-0.4, -0.2) is 15.9 Å². The molecule has 27 heavy (non-hydrogen) atoms. The summed E-state index contributed by atoms with van der Waals surface area (Å²) in [7, 11) is 0. The van der Waals surface area contributed by atoms with Crippen LogP contribution in [0, 0.1) is 27.7 Å². The summed E-state index contributed by atoms with van der Waals surface area (Å²) in [6.45, 7) is 8.43. The molecule has 1 amide bonds. The number of nitrogens with zero attached hydrogens (tertiary/aromatic N) is 2. The number of hydrogen-bond donors (Lipinski definition) is 2. The van der Waals surface area contributed by atoms with Crippen molar-refractivity contribution in [1.82, 2.24) is 15.3 Å². The number of amides is 1. The summed E-state index contributed by atoms with van der Waals surface area (Å²) in [5.74, 6) is 0.199. The second-order valence-corrected chi connectivity index (χ2v) is 6.89. The van der Waals surface area contributed by atoms with Crippen LogP contribution < -0.4 is 10.6 Å². The molecule has 0 radical (unpaired) electrons. The second-order valence-electron chi connectivity index (χ2n) is 6.89. The van der Waals surface area contributed by atoms with E-state index in [4.69, 9.17) is 0 Å². The van der Waals surface area contributed by atoms with Gasteiger partial charge in [-0.1, -0.05) is 35.9 Å². The number of carbonyl (C=O) groups excluding carboxylic acids is 1. The monoisotopic (exact) mass is 360 g/mol. The van der Waals surface area contributed by atoms with E-state index in [0.717, 1.165) is 28.1 Å². The predicted molar refractivity (Wildman–Crippen MR) is 108 cm³/mol. The summed E-state index contributed by atoms with van der Waals surface area (Å²) >= 11 is 0. The first-order valence-electron chi connectivity index (χ1n) is 8.94. The first-order valence-corrected chi connectivity index (χ1v) is 8.94. The number of aryl methyl sites for hydroxylation is 4. The largest absolute Gasteiger partial charge is 0.347 e. The second kappa shape index (κ2) is 7.99. The molecule has 0 saturated heterocycles. The molecule has 3 rings (SSSR count). The third-order valence-electron chi connectivity index (χ3n) is 4.14. The highest BCUT2D eigenvalue weighted by atomic mass is 16.1. The zero-order valence-electron chi connectivity index (χ0n) is 16.1. The highest BCUT2D eigenvalue weighted by Crippen LogP contribution is 2.18. The fourth-order valence-corrected chi connectivity index (χ4v) is 2.90. The molecule has 2 N–H and O–H groups in total. The van der Waals surface area contributed by atoms with E-state index in [0.29, 0.717) is 18.2 Å². The first-order chi connectivity index (χ1) is 12.9. The van der Waals surface area contributed by atoms with Crippen LogP contribution in [-0.2, 0) is 6.54 Å². The number of hydrogen-bond acceptors (Lipinski definition) is 4. The molecular formula is C22H24N4O. The van der Waals surface area contributed by atoms with E-state index in [1.807, 2.05) is 64.1 Å². The Morgan fingerprint density at radius 1 is 0.852 bits per heavy atom. The molecule has 0 fully saturated rings. The number of aromatic nitrogens is 2. The number of nitrogens with one attached hydrogen (secondary N) is 2. The van der Waals surface area contributed by atoms with Gasteiger partial charge in [-0.05, 0) is 62.6 Å². The van der Waals surface area contributed by atoms with Crippen molar-refractivity contribution in [3.8, 4) is 0 Å². The van der Waals surface area contributed by atoms with Crippen molar-refractivity contribution in [2.24, 2.45) is 0 Å². The van der Waals surface area contributed by atoms with Crippen LogP contribution in [0.4, 0.5) is 11.6 Å². The summed E-state index contributed by atoms with van der Waals surface area (Å²) < 4.78 is 0. The Hall–Kier alpha value is -3.21. The normalized spacial score (nSPS) is 10.5. The minimum atomic E-state index is -0.218. The molecule has 0 aliphatic heterocycles. The Kier molecular flexibility index (Phi) is 5.50. The van der Waals surface area contributed by atoms with Gasteiger partial charge >= 0.3 is 0 Å². The zero-order valence-corrected chi connectivity index (χ0v) is 16.1. The minimum absolute atomic E-state index is 0.218. The average Bonchev–Trinajstić information content (AvgIpc) is 2.59. The molecule has 5 heteroatoms. The summed E-state index contributed by atoms with van der Waals surface area (Å²) in [4.78, 5) is 21.3. The lowest BCUT2D eigenvalue weighted by molar-refractivity contribution is 0.0945. The average molecular weight is 360 g/mol. The van der Waals surface area contributed by atoms with Gasteiger partial charge in [-0.3, -0.25) is 4.79 Å². The first kappa shape index (κ1) is 18.6. The van der Waals surface area contributed by atoms with E-state index in [9.17, 15) is 4.79 Å². The fraction of sp³-hybridized carbons (Fsp3) is 0.227. The standard InChI is InChI=1S/C22H24N4O/c1-14-5-7-18(8-6-14)13-23-21(27)20-12-17(4)24-22(26-20)25-19-10-15(2)9-16(3)11-19/h5-12H,13H2,1-4H3,(H,23,27)(H,24,25,26). The zero-order chi connectivity index (χ0) is 19.4. The van der Waals surface area contributed by atoms with Gasteiger partial charge in [0.15, 0.2) is 0 Å². The van der Waals surface area contributed by atoms with E-state index < -0.39 is 0 Å². The van der Waals surface area contributed by atoms with Gasteiger partial charge in [0.25, 0.3) is 5.91 Å². The lowest BCUT2D eigenvalue weighted by atomic mass is 10.1. The van der Waals surface area contributed by atoms with Gasteiger partial charge in [-0.2, -0.15) is 0 Å². The summed E-state index contributed by atoms with van der Waals surface area (Å²) in [5, 5.41) is 6.11. The predicted octanol–water partition coefficient (Wildman–Crippen LogP) is 4.38. The van der Waals surface area contributed by atoms with Gasteiger partial charge in [-0.15, -0.1) is 0 Å². The van der Waals surface area contributed by atoms with Gasteiger partial charge in [0, 0.05) is 17.9 Å². The third kappa shape index (κ3) is 5.14. The van der Waals surface area contributed by atoms with Crippen LogP contribution in [0.15, 0.2) is 48.5 Å². The number of benzene rings is 2. The van der Waals surface area contributed by atoms with Crippen molar-refractivity contribution >= 4 is 17.5 Å². The van der Waals surface area contributed by atoms with Crippen LogP contribution >= 0.6 is 0 Å². The van der Waals surface area contributed by atoms with Crippen LogP contribution in [0.3, 0.4) is 0 Å². The number of anilines is 2. The third-order valence-corrected chi connectivity index (χ3v) is 4.14. The van der Waals surface area contributed by atoms with E-state index in [1.54, 1.807) is 6.07 Å². The number of rotatable bonds is 5. The molecule has 0 aliphatic carbocycles. The van der Waals surface area contributed by atoms with E-state index in [-0.39, 0.29) is 5.91 Å². The molecule has 2 aromatic carbocycles. The fourth-order valence-electron chi connectivity index (χ4n) is 2.90. The molecular weight excluding hydrogens is 336 g/mol. The highest BCUT2D eigenvalue weighted by Gasteiger charge is 2.11. The van der Waals surface area contributed by atoms with Crippen molar-refractivity contribution < 1.29 is 4.79 Å². The van der Waals surface area contributed by atoms with Crippen LogP contribution in [0.1, 0.15) is 38.4 Å².